The number of benzene rings is 1. The van der Waals surface area contributed by atoms with Crippen molar-refractivity contribution in [3.05, 3.63) is 54.2 Å². The van der Waals surface area contributed by atoms with Crippen LogP contribution in [0.4, 0.5) is 0 Å². The molecule has 4 atom stereocenters. The molecule has 0 saturated heterocycles. The van der Waals surface area contributed by atoms with E-state index in [-0.39, 0.29) is 12.8 Å². The number of nitrogens with two attached hydrogens (primary N) is 1. The van der Waals surface area contributed by atoms with Crippen molar-refractivity contribution >= 4 is 34.6 Å². The number of aliphatic hydroxyl groups excluding tert-OH is 2. The number of nitrogens with zero attached hydrogens (tertiary/aromatic N) is 1. The number of H-pyrrole nitrogens is 2. The summed E-state index contributed by atoms with van der Waals surface area (Å²) in [6.45, 7) is -1.65. The van der Waals surface area contributed by atoms with Crippen molar-refractivity contribution in [1.82, 2.24) is 30.9 Å². The number of rotatable bonds is 13. The fourth-order valence-corrected chi connectivity index (χ4v) is 3.66. The van der Waals surface area contributed by atoms with Gasteiger partial charge in [0.1, 0.15) is 18.1 Å². The van der Waals surface area contributed by atoms with E-state index in [0.717, 1.165) is 10.9 Å². The molecule has 2 aromatic heterocycles. The van der Waals surface area contributed by atoms with E-state index in [1.807, 2.05) is 18.2 Å². The van der Waals surface area contributed by atoms with Gasteiger partial charge in [-0.1, -0.05) is 18.2 Å². The average Bonchev–Trinajstić information content (AvgIpc) is 3.54. The molecule has 4 unspecified atom stereocenters. The molecule has 0 radical (unpaired) electrons. The maximum absolute atomic E-state index is 12.9. The van der Waals surface area contributed by atoms with Crippen molar-refractivity contribution in [2.75, 3.05) is 13.2 Å². The van der Waals surface area contributed by atoms with Gasteiger partial charge >= 0.3 is 5.97 Å². The number of amides is 3. The Balaban J connectivity index is 1.74. The van der Waals surface area contributed by atoms with Crippen molar-refractivity contribution < 1.29 is 34.5 Å². The van der Waals surface area contributed by atoms with E-state index in [0.29, 0.717) is 11.3 Å². The van der Waals surface area contributed by atoms with Gasteiger partial charge in [-0.05, 0) is 11.6 Å². The van der Waals surface area contributed by atoms with Gasteiger partial charge in [0, 0.05) is 41.8 Å². The molecular formula is C23H29N7O7. The Hall–Kier alpha value is -4.27. The Morgan fingerprint density at radius 1 is 0.892 bits per heavy atom. The summed E-state index contributed by atoms with van der Waals surface area (Å²) in [6, 6.07) is 1.86. The number of hydrogen-bond acceptors (Lipinski definition) is 8. The number of para-hydroxylation sites is 1. The second-order valence-corrected chi connectivity index (χ2v) is 8.34. The molecule has 10 N–H and O–H groups in total. The summed E-state index contributed by atoms with van der Waals surface area (Å²) in [5.74, 6) is -3.94. The Labute approximate surface area is 210 Å². The highest BCUT2D eigenvalue weighted by Gasteiger charge is 2.30. The van der Waals surface area contributed by atoms with Gasteiger partial charge in [0.25, 0.3) is 0 Å². The van der Waals surface area contributed by atoms with Crippen LogP contribution in [0.15, 0.2) is 43.0 Å². The number of aromatic amines is 2. The quantitative estimate of drug-likeness (QED) is 0.117. The molecule has 0 aliphatic heterocycles. The first-order chi connectivity index (χ1) is 17.7. The largest absolute Gasteiger partial charge is 0.480 e. The van der Waals surface area contributed by atoms with Crippen LogP contribution in [0.25, 0.3) is 10.9 Å². The molecule has 0 fully saturated rings. The van der Waals surface area contributed by atoms with E-state index in [4.69, 9.17) is 5.73 Å². The van der Waals surface area contributed by atoms with Gasteiger partial charge in [-0.15, -0.1) is 0 Å². The van der Waals surface area contributed by atoms with Crippen LogP contribution in [0.2, 0.25) is 0 Å². The fourth-order valence-electron chi connectivity index (χ4n) is 3.66. The summed E-state index contributed by atoms with van der Waals surface area (Å²) in [5.41, 5.74) is 7.92. The molecule has 198 valence electrons. The lowest BCUT2D eigenvalue weighted by atomic mass is 10.0. The number of carbonyl (C=O) groups excluding carboxylic acids is 3. The van der Waals surface area contributed by atoms with E-state index < -0.39 is 61.1 Å². The van der Waals surface area contributed by atoms with Crippen LogP contribution in [0, 0.1) is 0 Å². The normalized spacial score (nSPS) is 14.4. The number of carboxylic acids is 1. The minimum absolute atomic E-state index is 0.0508. The molecule has 0 bridgehead atoms. The van der Waals surface area contributed by atoms with Crippen LogP contribution in [0.5, 0.6) is 0 Å². The SMILES string of the molecule is NC(Cc1cnc[nH]1)C(=O)NC(CO)C(=O)NC(Cc1c[nH]c2ccccc12)C(=O)NC(CO)C(=O)O. The summed E-state index contributed by atoms with van der Waals surface area (Å²) in [6.07, 6.45) is 4.62. The van der Waals surface area contributed by atoms with Crippen LogP contribution in [-0.2, 0) is 32.0 Å². The molecule has 14 heteroatoms. The summed E-state index contributed by atoms with van der Waals surface area (Å²) < 4.78 is 0. The van der Waals surface area contributed by atoms with Gasteiger partial charge in [-0.25, -0.2) is 9.78 Å². The average molecular weight is 516 g/mol. The van der Waals surface area contributed by atoms with Crippen LogP contribution in [0.1, 0.15) is 11.3 Å². The third-order valence-electron chi connectivity index (χ3n) is 5.68. The summed E-state index contributed by atoms with van der Waals surface area (Å²) in [7, 11) is 0. The highest BCUT2D eigenvalue weighted by molar-refractivity contribution is 5.95. The summed E-state index contributed by atoms with van der Waals surface area (Å²) in [4.78, 5) is 59.4. The Bertz CT molecular complexity index is 1230. The number of carbonyl (C=O) groups is 4. The molecule has 3 amide bonds. The lowest BCUT2D eigenvalue weighted by Crippen LogP contribution is -2.59. The number of imidazole rings is 1. The zero-order valence-electron chi connectivity index (χ0n) is 19.7. The Kier molecular flexibility index (Phi) is 9.32. The third kappa shape index (κ3) is 7.13. The molecule has 37 heavy (non-hydrogen) atoms. The highest BCUT2D eigenvalue weighted by Crippen LogP contribution is 2.19. The van der Waals surface area contributed by atoms with Crippen LogP contribution < -0.4 is 21.7 Å². The van der Waals surface area contributed by atoms with Crippen molar-refractivity contribution in [1.29, 1.82) is 0 Å². The van der Waals surface area contributed by atoms with Crippen molar-refractivity contribution in [3.8, 4) is 0 Å². The van der Waals surface area contributed by atoms with E-state index >= 15 is 0 Å². The number of aliphatic hydroxyl groups is 2. The van der Waals surface area contributed by atoms with E-state index in [2.05, 4.69) is 30.9 Å². The second kappa shape index (κ2) is 12.6. The summed E-state index contributed by atoms with van der Waals surface area (Å²) in [5, 5.41) is 36.0. The van der Waals surface area contributed by atoms with E-state index in [1.54, 1.807) is 12.3 Å². The van der Waals surface area contributed by atoms with E-state index in [9.17, 15) is 34.5 Å². The van der Waals surface area contributed by atoms with Crippen molar-refractivity contribution in [2.45, 2.75) is 37.0 Å². The number of carboxylic acid groups (broad SMARTS) is 1. The van der Waals surface area contributed by atoms with Gasteiger partial charge in [0.05, 0.1) is 25.6 Å². The molecule has 0 aliphatic carbocycles. The minimum Gasteiger partial charge on any atom is -0.480 e. The third-order valence-corrected chi connectivity index (χ3v) is 5.68. The fraction of sp³-hybridized carbons (Fsp3) is 0.348. The number of fused-ring (bicyclic) bond motifs is 1. The maximum atomic E-state index is 12.9. The first-order valence-electron chi connectivity index (χ1n) is 11.4. The van der Waals surface area contributed by atoms with Crippen LogP contribution in [0.3, 0.4) is 0 Å². The van der Waals surface area contributed by atoms with Gasteiger partial charge in [0.2, 0.25) is 17.7 Å². The Morgan fingerprint density at radius 2 is 1.54 bits per heavy atom. The Morgan fingerprint density at radius 3 is 2.19 bits per heavy atom. The zero-order valence-corrected chi connectivity index (χ0v) is 19.7. The predicted molar refractivity (Wildman–Crippen MR) is 130 cm³/mol. The second-order valence-electron chi connectivity index (χ2n) is 8.34. The molecule has 14 nitrogen and oxygen atoms in total. The molecular weight excluding hydrogens is 486 g/mol. The van der Waals surface area contributed by atoms with Crippen LogP contribution >= 0.6 is 0 Å². The van der Waals surface area contributed by atoms with Crippen LogP contribution in [-0.4, -0.2) is 91.3 Å². The molecule has 2 heterocycles. The van der Waals surface area contributed by atoms with Crippen molar-refractivity contribution in [2.24, 2.45) is 5.73 Å². The lowest BCUT2D eigenvalue weighted by Gasteiger charge is -2.24. The number of aliphatic carboxylic acids is 1. The monoisotopic (exact) mass is 515 g/mol. The zero-order chi connectivity index (χ0) is 26.9. The summed E-state index contributed by atoms with van der Waals surface area (Å²) >= 11 is 0. The standard InChI is InChI=1S/C23H29N7O7/c24-15(6-13-8-25-11-27-13)20(33)29-18(9-31)22(35)28-17(21(34)30-19(10-32)23(36)37)5-12-7-26-16-4-2-1-3-14(12)16/h1-4,7-8,11,15,17-19,26,31-32H,5-6,9-10,24H2,(H,25,27)(H,28,35)(H,29,33)(H,30,34)(H,36,37). The lowest BCUT2D eigenvalue weighted by molar-refractivity contribution is -0.143. The number of hydrogen-bond donors (Lipinski definition) is 9. The first-order valence-corrected chi connectivity index (χ1v) is 11.4. The maximum Gasteiger partial charge on any atom is 0.328 e. The predicted octanol–water partition coefficient (Wildman–Crippen LogP) is -2.47. The van der Waals surface area contributed by atoms with Gasteiger partial charge in [-0.3, -0.25) is 14.4 Å². The van der Waals surface area contributed by atoms with Crippen molar-refractivity contribution in [3.63, 3.8) is 0 Å². The number of nitrogens with one attached hydrogen (secondary N) is 5. The molecule has 3 rings (SSSR count). The highest BCUT2D eigenvalue weighted by atomic mass is 16.4. The molecule has 0 aliphatic rings. The molecule has 0 saturated carbocycles. The number of aromatic nitrogens is 3. The van der Waals surface area contributed by atoms with E-state index in [1.165, 1.54) is 12.5 Å². The van der Waals surface area contributed by atoms with Gasteiger partial charge in [-0.2, -0.15) is 0 Å². The topological polar surface area (TPSA) is 236 Å². The molecule has 0 spiro atoms. The molecule has 1 aromatic carbocycles. The van der Waals surface area contributed by atoms with Gasteiger partial charge < -0.3 is 47.0 Å². The first kappa shape index (κ1) is 27.3. The smallest absolute Gasteiger partial charge is 0.328 e. The van der Waals surface area contributed by atoms with Gasteiger partial charge in [0.15, 0.2) is 0 Å². The molecule has 3 aromatic rings. The minimum atomic E-state index is -1.59.